The Bertz CT molecular complexity index is 569. The molecule has 1 heterocycles. The van der Waals surface area contributed by atoms with Crippen molar-refractivity contribution in [1.82, 2.24) is 4.31 Å². The lowest BCUT2D eigenvalue weighted by Crippen LogP contribution is -2.48. The first kappa shape index (κ1) is 15.3. The van der Waals surface area contributed by atoms with Gasteiger partial charge < -0.3 is 5.73 Å². The van der Waals surface area contributed by atoms with Crippen molar-refractivity contribution in [3.8, 4) is 0 Å². The van der Waals surface area contributed by atoms with Gasteiger partial charge in [-0.2, -0.15) is 4.31 Å². The number of nitrogens with zero attached hydrogens (tertiary/aromatic N) is 1. The molecule has 19 heavy (non-hydrogen) atoms. The van der Waals surface area contributed by atoms with Gasteiger partial charge >= 0.3 is 0 Å². The van der Waals surface area contributed by atoms with E-state index in [9.17, 15) is 8.42 Å². The van der Waals surface area contributed by atoms with Crippen LogP contribution < -0.4 is 5.73 Å². The van der Waals surface area contributed by atoms with Crippen LogP contribution in [0, 0.1) is 5.92 Å². The number of hydrogen-bond donors (Lipinski definition) is 1. The molecule has 4 nitrogen and oxygen atoms in total. The van der Waals surface area contributed by atoms with Gasteiger partial charge in [0.1, 0.15) is 4.90 Å². The molecule has 0 spiro atoms. The Labute approximate surface area is 127 Å². The van der Waals surface area contributed by atoms with Crippen LogP contribution in [-0.4, -0.2) is 31.9 Å². The summed E-state index contributed by atoms with van der Waals surface area (Å²) in [7, 11) is -3.57. The van der Waals surface area contributed by atoms with Gasteiger partial charge in [-0.1, -0.05) is 34.5 Å². The average Bonchev–Trinajstić information content (AvgIpc) is 2.26. The largest absolute Gasteiger partial charge is 0.326 e. The van der Waals surface area contributed by atoms with Gasteiger partial charge in [-0.15, -0.1) is 0 Å². The Morgan fingerprint density at radius 1 is 1.42 bits per heavy atom. The molecule has 0 amide bonds. The Morgan fingerprint density at radius 2 is 2.11 bits per heavy atom. The number of rotatable bonds is 2. The van der Waals surface area contributed by atoms with Crippen LogP contribution >= 0.6 is 27.5 Å². The molecular formula is C12H16BrClN2O2S. The minimum absolute atomic E-state index is 0.118. The zero-order valence-electron chi connectivity index (χ0n) is 10.5. The number of hydrogen-bond acceptors (Lipinski definition) is 3. The van der Waals surface area contributed by atoms with E-state index in [1.54, 1.807) is 12.1 Å². The number of benzene rings is 1. The fourth-order valence-electron chi connectivity index (χ4n) is 2.37. The van der Waals surface area contributed by atoms with Crippen LogP contribution in [0.25, 0.3) is 0 Å². The Hall–Kier alpha value is -0.140. The quantitative estimate of drug-likeness (QED) is 0.873. The van der Waals surface area contributed by atoms with E-state index < -0.39 is 10.0 Å². The van der Waals surface area contributed by atoms with Crippen LogP contribution in [0.15, 0.2) is 27.6 Å². The summed E-state index contributed by atoms with van der Waals surface area (Å²) in [4.78, 5) is 0.138. The van der Waals surface area contributed by atoms with E-state index in [2.05, 4.69) is 15.9 Å². The molecule has 2 unspecified atom stereocenters. The molecule has 0 aromatic heterocycles. The highest BCUT2D eigenvalue weighted by Gasteiger charge is 2.33. The summed E-state index contributed by atoms with van der Waals surface area (Å²) in [5.41, 5.74) is 5.91. The fourth-order valence-corrected chi connectivity index (χ4v) is 5.00. The topological polar surface area (TPSA) is 63.4 Å². The molecule has 1 saturated heterocycles. The predicted molar refractivity (Wildman–Crippen MR) is 79.7 cm³/mol. The molecule has 1 fully saturated rings. The summed E-state index contributed by atoms with van der Waals surface area (Å²) in [6, 6.07) is 4.66. The molecule has 2 atom stereocenters. The van der Waals surface area contributed by atoms with Gasteiger partial charge in [-0.3, -0.25) is 0 Å². The molecule has 1 aromatic carbocycles. The second-order valence-electron chi connectivity index (χ2n) is 5.00. The van der Waals surface area contributed by atoms with Crippen molar-refractivity contribution < 1.29 is 8.42 Å². The standard InChI is InChI=1S/C12H16BrClN2O2S/c1-8-4-10(15)7-16(6-8)19(17,18)12-3-2-9(13)5-11(12)14/h2-3,5,8,10H,4,6-7,15H2,1H3. The van der Waals surface area contributed by atoms with Crippen molar-refractivity contribution in [1.29, 1.82) is 0 Å². The van der Waals surface area contributed by atoms with E-state index in [1.807, 2.05) is 6.92 Å². The second kappa shape index (κ2) is 5.69. The Morgan fingerprint density at radius 3 is 2.68 bits per heavy atom. The van der Waals surface area contributed by atoms with E-state index in [1.165, 1.54) is 10.4 Å². The van der Waals surface area contributed by atoms with E-state index >= 15 is 0 Å². The van der Waals surface area contributed by atoms with E-state index in [-0.39, 0.29) is 21.9 Å². The van der Waals surface area contributed by atoms with Crippen molar-refractivity contribution in [3.63, 3.8) is 0 Å². The lowest BCUT2D eigenvalue weighted by molar-refractivity contribution is 0.254. The monoisotopic (exact) mass is 366 g/mol. The van der Waals surface area contributed by atoms with Crippen LogP contribution in [0.5, 0.6) is 0 Å². The molecular weight excluding hydrogens is 352 g/mol. The molecule has 7 heteroatoms. The normalized spacial score (nSPS) is 25.5. The molecule has 2 N–H and O–H groups in total. The maximum absolute atomic E-state index is 12.6. The third-order valence-electron chi connectivity index (χ3n) is 3.17. The van der Waals surface area contributed by atoms with E-state index in [0.717, 1.165) is 10.9 Å². The molecule has 0 bridgehead atoms. The van der Waals surface area contributed by atoms with E-state index in [4.69, 9.17) is 17.3 Å². The van der Waals surface area contributed by atoms with Crippen LogP contribution in [0.4, 0.5) is 0 Å². The second-order valence-corrected chi connectivity index (χ2v) is 8.23. The number of sulfonamides is 1. The molecule has 1 aliphatic rings. The zero-order valence-corrected chi connectivity index (χ0v) is 13.7. The first-order valence-corrected chi connectivity index (χ1v) is 8.62. The third kappa shape index (κ3) is 3.31. The average molecular weight is 368 g/mol. The van der Waals surface area contributed by atoms with Crippen molar-refractivity contribution in [3.05, 3.63) is 27.7 Å². The van der Waals surface area contributed by atoms with Crippen molar-refractivity contribution in [2.24, 2.45) is 11.7 Å². The summed E-state index contributed by atoms with van der Waals surface area (Å²) in [5, 5.41) is 0.223. The van der Waals surface area contributed by atoms with Crippen molar-refractivity contribution in [2.45, 2.75) is 24.3 Å². The van der Waals surface area contributed by atoms with Gasteiger partial charge in [-0.05, 0) is 30.5 Å². The lowest BCUT2D eigenvalue weighted by Gasteiger charge is -2.34. The Kier molecular flexibility index (Phi) is 4.57. The Balaban J connectivity index is 2.36. The smallest absolute Gasteiger partial charge is 0.244 e. The molecule has 2 rings (SSSR count). The summed E-state index contributed by atoms with van der Waals surface area (Å²) in [6.45, 7) is 2.84. The minimum atomic E-state index is -3.57. The highest BCUT2D eigenvalue weighted by atomic mass is 79.9. The summed E-state index contributed by atoms with van der Waals surface area (Å²) in [5.74, 6) is 0.257. The third-order valence-corrected chi connectivity index (χ3v) is 5.98. The van der Waals surface area contributed by atoms with Gasteiger partial charge in [-0.25, -0.2) is 8.42 Å². The molecule has 1 aromatic rings. The zero-order chi connectivity index (χ0) is 14.2. The number of piperidine rings is 1. The molecule has 106 valence electrons. The predicted octanol–water partition coefficient (Wildman–Crippen LogP) is 2.46. The maximum Gasteiger partial charge on any atom is 0.244 e. The number of nitrogens with two attached hydrogens (primary N) is 1. The molecule has 0 saturated carbocycles. The fraction of sp³-hybridized carbons (Fsp3) is 0.500. The summed E-state index contributed by atoms with van der Waals surface area (Å²) >= 11 is 9.30. The van der Waals surface area contributed by atoms with Crippen molar-refractivity contribution in [2.75, 3.05) is 13.1 Å². The highest BCUT2D eigenvalue weighted by Crippen LogP contribution is 2.29. The van der Waals surface area contributed by atoms with Gasteiger partial charge in [0, 0.05) is 23.6 Å². The van der Waals surface area contributed by atoms with Gasteiger partial charge in [0.05, 0.1) is 5.02 Å². The van der Waals surface area contributed by atoms with Crippen LogP contribution in [0.1, 0.15) is 13.3 Å². The highest BCUT2D eigenvalue weighted by molar-refractivity contribution is 9.10. The van der Waals surface area contributed by atoms with Crippen LogP contribution in [0.3, 0.4) is 0 Å². The SMILES string of the molecule is CC1CC(N)CN(S(=O)(=O)c2ccc(Br)cc2Cl)C1. The molecule has 0 radical (unpaired) electrons. The van der Waals surface area contributed by atoms with E-state index in [0.29, 0.717) is 13.1 Å². The van der Waals surface area contributed by atoms with Gasteiger partial charge in [0.15, 0.2) is 0 Å². The van der Waals surface area contributed by atoms with Gasteiger partial charge in [0.25, 0.3) is 0 Å². The number of halogens is 2. The minimum Gasteiger partial charge on any atom is -0.326 e. The molecule has 1 aliphatic heterocycles. The first-order chi connectivity index (χ1) is 8.80. The maximum atomic E-state index is 12.6. The first-order valence-electron chi connectivity index (χ1n) is 6.01. The summed E-state index contributed by atoms with van der Waals surface area (Å²) < 4.78 is 27.3. The molecule has 0 aliphatic carbocycles. The van der Waals surface area contributed by atoms with Crippen LogP contribution in [-0.2, 0) is 10.0 Å². The summed E-state index contributed by atoms with van der Waals surface area (Å²) in [6.07, 6.45) is 0.847. The van der Waals surface area contributed by atoms with Crippen LogP contribution in [0.2, 0.25) is 5.02 Å². The van der Waals surface area contributed by atoms with Crippen molar-refractivity contribution >= 4 is 37.6 Å². The van der Waals surface area contributed by atoms with Gasteiger partial charge in [0.2, 0.25) is 10.0 Å². The lowest BCUT2D eigenvalue weighted by atomic mass is 9.99.